The van der Waals surface area contributed by atoms with Crippen LogP contribution in [0.25, 0.3) is 5.76 Å². The molecule has 1 unspecified atom stereocenters. The number of hydrogen-bond acceptors (Lipinski definition) is 6. The largest absolute Gasteiger partial charge is 0.507 e. The third-order valence-corrected chi connectivity index (χ3v) is 6.20. The van der Waals surface area contributed by atoms with Crippen molar-refractivity contribution in [3.8, 4) is 5.75 Å². The van der Waals surface area contributed by atoms with Crippen LogP contribution in [0.2, 0.25) is 0 Å². The summed E-state index contributed by atoms with van der Waals surface area (Å²) in [6.45, 7) is 8.26. The fourth-order valence-electron chi connectivity index (χ4n) is 4.30. The Balaban J connectivity index is 0.00000361. The summed E-state index contributed by atoms with van der Waals surface area (Å²) < 4.78 is 24.7. The average molecular weight is 519 g/mol. The lowest BCUT2D eigenvalue weighted by Crippen LogP contribution is -2.42. The van der Waals surface area contributed by atoms with Gasteiger partial charge < -0.3 is 19.5 Å². The molecule has 9 heteroatoms. The van der Waals surface area contributed by atoms with E-state index in [1.807, 2.05) is 13.8 Å². The quantitative estimate of drug-likeness (QED) is 0.323. The molecule has 2 saturated heterocycles. The number of aliphatic hydroxyl groups excluding tert-OH is 1. The molecule has 0 spiro atoms. The first-order chi connectivity index (χ1) is 16.8. The van der Waals surface area contributed by atoms with Crippen LogP contribution in [0.5, 0.6) is 5.75 Å². The van der Waals surface area contributed by atoms with E-state index in [4.69, 9.17) is 9.47 Å². The molecule has 2 aliphatic heterocycles. The number of likely N-dealkylation sites (tertiary alicyclic amines) is 1. The Morgan fingerprint density at radius 3 is 2.31 bits per heavy atom. The molecule has 2 aromatic rings. The number of carbonyl (C=O) groups is 2. The Kier molecular flexibility index (Phi) is 9.48. The number of rotatable bonds is 8. The Morgan fingerprint density at radius 1 is 1.06 bits per heavy atom. The van der Waals surface area contributed by atoms with Gasteiger partial charge in [0.05, 0.1) is 31.4 Å². The summed E-state index contributed by atoms with van der Waals surface area (Å²) in [5.41, 5.74) is 0.964. The van der Waals surface area contributed by atoms with Gasteiger partial charge in [-0.25, -0.2) is 4.39 Å². The van der Waals surface area contributed by atoms with Gasteiger partial charge in [-0.1, -0.05) is 26.0 Å². The number of carbonyl (C=O) groups excluding carboxylic acids is 2. The molecule has 194 valence electrons. The van der Waals surface area contributed by atoms with Crippen molar-refractivity contribution in [2.24, 2.45) is 5.92 Å². The summed E-state index contributed by atoms with van der Waals surface area (Å²) in [5.74, 6) is -1.09. The summed E-state index contributed by atoms with van der Waals surface area (Å²) in [5, 5.41) is 11.2. The molecule has 0 aliphatic carbocycles. The van der Waals surface area contributed by atoms with Crippen LogP contribution in [-0.2, 0) is 14.3 Å². The first kappa shape index (κ1) is 27.6. The Morgan fingerprint density at radius 2 is 1.69 bits per heavy atom. The molecule has 36 heavy (non-hydrogen) atoms. The van der Waals surface area contributed by atoms with Crippen LogP contribution in [0.4, 0.5) is 4.39 Å². The lowest BCUT2D eigenvalue weighted by atomic mass is 9.95. The van der Waals surface area contributed by atoms with Crippen molar-refractivity contribution in [1.82, 2.24) is 9.80 Å². The van der Waals surface area contributed by atoms with Gasteiger partial charge in [0.1, 0.15) is 17.3 Å². The normalized spacial score (nSPS) is 20.0. The predicted octanol–water partition coefficient (Wildman–Crippen LogP) is 4.04. The highest BCUT2D eigenvalue weighted by Crippen LogP contribution is 2.39. The summed E-state index contributed by atoms with van der Waals surface area (Å²) in [4.78, 5) is 29.8. The van der Waals surface area contributed by atoms with Crippen LogP contribution in [0.1, 0.15) is 31.0 Å². The van der Waals surface area contributed by atoms with Gasteiger partial charge in [-0.3, -0.25) is 14.5 Å². The van der Waals surface area contributed by atoms with Crippen molar-refractivity contribution in [1.29, 1.82) is 0 Å². The van der Waals surface area contributed by atoms with Crippen LogP contribution in [0.3, 0.4) is 0 Å². The highest BCUT2D eigenvalue weighted by molar-refractivity contribution is 6.46. The van der Waals surface area contributed by atoms with Crippen LogP contribution in [0, 0.1) is 11.7 Å². The van der Waals surface area contributed by atoms with Crippen molar-refractivity contribution in [3.63, 3.8) is 0 Å². The van der Waals surface area contributed by atoms with Crippen molar-refractivity contribution in [2.45, 2.75) is 19.9 Å². The van der Waals surface area contributed by atoms with Gasteiger partial charge in [-0.05, 0) is 47.9 Å². The molecule has 1 atom stereocenters. The van der Waals surface area contributed by atoms with Crippen LogP contribution in [-0.4, -0.2) is 72.6 Å². The monoisotopic (exact) mass is 518 g/mol. The number of ketones is 1. The number of Topliss-reactive ketones (excluding diaryl/α,β-unsaturated/α-hetero) is 1. The number of ether oxygens (including phenoxy) is 2. The average Bonchev–Trinajstić information content (AvgIpc) is 3.12. The van der Waals surface area contributed by atoms with Gasteiger partial charge in [0.15, 0.2) is 0 Å². The second-order valence-corrected chi connectivity index (χ2v) is 9.23. The molecule has 2 aliphatic rings. The van der Waals surface area contributed by atoms with Crippen molar-refractivity contribution in [3.05, 3.63) is 71.0 Å². The molecular formula is C27H32ClFN2O5. The van der Waals surface area contributed by atoms with Gasteiger partial charge >= 0.3 is 0 Å². The highest BCUT2D eigenvalue weighted by Gasteiger charge is 2.46. The molecule has 0 radical (unpaired) electrons. The third-order valence-electron chi connectivity index (χ3n) is 6.20. The molecule has 1 amide bonds. The van der Waals surface area contributed by atoms with E-state index in [0.717, 1.165) is 13.1 Å². The van der Waals surface area contributed by atoms with Gasteiger partial charge in [0.2, 0.25) is 0 Å². The number of benzene rings is 2. The fourth-order valence-corrected chi connectivity index (χ4v) is 4.30. The van der Waals surface area contributed by atoms with Gasteiger partial charge in [-0.2, -0.15) is 0 Å². The highest BCUT2D eigenvalue weighted by atomic mass is 35.5. The van der Waals surface area contributed by atoms with E-state index in [9.17, 15) is 19.1 Å². The van der Waals surface area contributed by atoms with Crippen LogP contribution >= 0.6 is 12.4 Å². The Labute approximate surface area is 216 Å². The number of hydrogen-bond donors (Lipinski definition) is 1. The number of nitrogens with zero attached hydrogens (tertiary/aromatic N) is 2. The van der Waals surface area contributed by atoms with Crippen molar-refractivity contribution in [2.75, 3.05) is 46.0 Å². The Hall–Kier alpha value is -2.94. The van der Waals surface area contributed by atoms with Crippen LogP contribution in [0.15, 0.2) is 54.1 Å². The van der Waals surface area contributed by atoms with Gasteiger partial charge in [-0.15, -0.1) is 12.4 Å². The molecule has 4 rings (SSSR count). The maximum atomic E-state index is 13.6. The lowest BCUT2D eigenvalue weighted by molar-refractivity contribution is -0.140. The van der Waals surface area contributed by atoms with Gasteiger partial charge in [0, 0.05) is 31.7 Å². The molecular weight excluding hydrogens is 487 g/mol. The summed E-state index contributed by atoms with van der Waals surface area (Å²) in [6.07, 6.45) is 0. The smallest absolute Gasteiger partial charge is 0.295 e. The van der Waals surface area contributed by atoms with E-state index in [2.05, 4.69) is 4.90 Å². The molecule has 0 aromatic heterocycles. The minimum absolute atomic E-state index is 0. The standard InChI is InChI=1S/C27H31FN2O5.ClH/c1-18(2)17-35-22-9-5-20(6-10-22)25(31)23-24(19-3-7-21(28)8-4-19)30(27(33)26(23)32)12-11-29-13-15-34-16-14-29;/h3-10,18,24,31H,11-17H2,1-2H3;1H/b25-23+;. The van der Waals surface area contributed by atoms with Gasteiger partial charge in [0.25, 0.3) is 11.7 Å². The molecule has 0 saturated carbocycles. The maximum absolute atomic E-state index is 13.6. The van der Waals surface area contributed by atoms with E-state index in [0.29, 0.717) is 55.7 Å². The number of halogens is 2. The van der Waals surface area contributed by atoms with E-state index >= 15 is 0 Å². The topological polar surface area (TPSA) is 79.3 Å². The van der Waals surface area contributed by atoms with Crippen molar-refractivity contribution >= 4 is 29.9 Å². The van der Waals surface area contributed by atoms with E-state index in [-0.39, 0.29) is 23.7 Å². The van der Waals surface area contributed by atoms with E-state index in [1.165, 1.54) is 17.0 Å². The van der Waals surface area contributed by atoms with E-state index in [1.54, 1.807) is 36.4 Å². The molecule has 2 heterocycles. The van der Waals surface area contributed by atoms with Crippen molar-refractivity contribution < 1.29 is 28.6 Å². The second-order valence-electron chi connectivity index (χ2n) is 9.23. The summed E-state index contributed by atoms with van der Waals surface area (Å²) in [6, 6.07) is 11.6. The third kappa shape index (κ3) is 6.24. The zero-order valence-corrected chi connectivity index (χ0v) is 21.3. The SMILES string of the molecule is CC(C)COc1ccc(/C(O)=C2\C(=O)C(=O)N(CCN3CCOCC3)C2c2ccc(F)cc2)cc1.Cl. The number of aliphatic hydroxyl groups is 1. The predicted molar refractivity (Wildman–Crippen MR) is 137 cm³/mol. The summed E-state index contributed by atoms with van der Waals surface area (Å²) >= 11 is 0. The number of amides is 1. The zero-order chi connectivity index (χ0) is 24.9. The van der Waals surface area contributed by atoms with E-state index < -0.39 is 23.5 Å². The zero-order valence-electron chi connectivity index (χ0n) is 20.5. The maximum Gasteiger partial charge on any atom is 0.295 e. The summed E-state index contributed by atoms with van der Waals surface area (Å²) in [7, 11) is 0. The molecule has 1 N–H and O–H groups in total. The Bertz CT molecular complexity index is 1080. The second kappa shape index (κ2) is 12.3. The molecule has 0 bridgehead atoms. The van der Waals surface area contributed by atoms with Crippen LogP contribution < -0.4 is 4.74 Å². The molecule has 2 aromatic carbocycles. The lowest BCUT2D eigenvalue weighted by Gasteiger charge is -2.31. The molecule has 7 nitrogen and oxygen atoms in total. The molecule has 2 fully saturated rings. The minimum atomic E-state index is -0.812. The fraction of sp³-hybridized carbons (Fsp3) is 0.407. The number of morpholine rings is 1. The first-order valence-electron chi connectivity index (χ1n) is 11.9. The minimum Gasteiger partial charge on any atom is -0.507 e. The first-order valence-corrected chi connectivity index (χ1v) is 11.9.